The Bertz CT molecular complexity index is 776. The number of rotatable bonds is 8. The standard InChI is InChI=1S/C18H18ClN3O4/c19-14-5-7-15(8-6-14)21-17(23)2-1-11-20-18(24)12-13-3-9-16(10-4-13)22(25)26/h3-10H,1-2,11-12H2,(H,20,24)(H,21,23). The van der Waals surface area contributed by atoms with Gasteiger partial charge in [-0.1, -0.05) is 23.7 Å². The first-order valence-electron chi connectivity index (χ1n) is 7.99. The van der Waals surface area contributed by atoms with Crippen molar-refractivity contribution in [3.8, 4) is 0 Å². The fraction of sp³-hybridized carbons (Fsp3) is 0.222. The van der Waals surface area contributed by atoms with E-state index in [4.69, 9.17) is 11.6 Å². The van der Waals surface area contributed by atoms with Gasteiger partial charge in [-0.3, -0.25) is 19.7 Å². The van der Waals surface area contributed by atoms with E-state index in [1.54, 1.807) is 36.4 Å². The van der Waals surface area contributed by atoms with Gasteiger partial charge in [-0.2, -0.15) is 0 Å². The molecule has 2 N–H and O–H groups in total. The van der Waals surface area contributed by atoms with E-state index in [1.807, 2.05) is 0 Å². The second kappa shape index (κ2) is 9.53. The Morgan fingerprint density at radius 1 is 1.00 bits per heavy atom. The van der Waals surface area contributed by atoms with Gasteiger partial charge in [-0.05, 0) is 36.2 Å². The molecule has 0 fully saturated rings. The highest BCUT2D eigenvalue weighted by Crippen LogP contribution is 2.14. The van der Waals surface area contributed by atoms with Gasteiger partial charge in [0.2, 0.25) is 11.8 Å². The van der Waals surface area contributed by atoms with Crippen LogP contribution in [-0.2, 0) is 16.0 Å². The molecule has 136 valence electrons. The maximum absolute atomic E-state index is 11.8. The lowest BCUT2D eigenvalue weighted by molar-refractivity contribution is -0.384. The first-order chi connectivity index (χ1) is 12.4. The van der Waals surface area contributed by atoms with Crippen molar-refractivity contribution in [2.45, 2.75) is 19.3 Å². The second-order valence-corrected chi connectivity index (χ2v) is 6.05. The Kier molecular flexibility index (Phi) is 7.11. The van der Waals surface area contributed by atoms with E-state index in [0.29, 0.717) is 29.2 Å². The summed E-state index contributed by atoms with van der Waals surface area (Å²) in [7, 11) is 0. The lowest BCUT2D eigenvalue weighted by atomic mass is 10.1. The molecule has 0 spiro atoms. The number of hydrogen-bond acceptors (Lipinski definition) is 4. The van der Waals surface area contributed by atoms with Crippen molar-refractivity contribution in [3.63, 3.8) is 0 Å². The highest BCUT2D eigenvalue weighted by Gasteiger charge is 2.08. The number of halogens is 1. The van der Waals surface area contributed by atoms with Crippen molar-refractivity contribution in [2.24, 2.45) is 0 Å². The normalized spacial score (nSPS) is 10.2. The third-order valence-electron chi connectivity index (χ3n) is 3.54. The van der Waals surface area contributed by atoms with Crippen LogP contribution in [-0.4, -0.2) is 23.3 Å². The van der Waals surface area contributed by atoms with Crippen molar-refractivity contribution in [1.29, 1.82) is 0 Å². The molecule has 0 atom stereocenters. The molecule has 0 aliphatic carbocycles. The van der Waals surface area contributed by atoms with Crippen LogP contribution in [0.2, 0.25) is 5.02 Å². The molecular formula is C18H18ClN3O4. The van der Waals surface area contributed by atoms with E-state index in [9.17, 15) is 19.7 Å². The van der Waals surface area contributed by atoms with Gasteiger partial charge in [0.15, 0.2) is 0 Å². The Morgan fingerprint density at radius 3 is 2.27 bits per heavy atom. The van der Waals surface area contributed by atoms with E-state index in [-0.39, 0.29) is 30.3 Å². The van der Waals surface area contributed by atoms with Crippen molar-refractivity contribution >= 4 is 34.8 Å². The van der Waals surface area contributed by atoms with Crippen LogP contribution in [0.3, 0.4) is 0 Å². The third-order valence-corrected chi connectivity index (χ3v) is 3.79. The number of non-ortho nitro benzene ring substituents is 1. The molecule has 26 heavy (non-hydrogen) atoms. The number of benzene rings is 2. The van der Waals surface area contributed by atoms with Crippen LogP contribution in [0.25, 0.3) is 0 Å². The summed E-state index contributed by atoms with van der Waals surface area (Å²) < 4.78 is 0. The van der Waals surface area contributed by atoms with Gasteiger partial charge < -0.3 is 10.6 Å². The molecule has 0 aliphatic heterocycles. The largest absolute Gasteiger partial charge is 0.356 e. The number of anilines is 1. The van der Waals surface area contributed by atoms with Crippen LogP contribution in [0.4, 0.5) is 11.4 Å². The third kappa shape index (κ3) is 6.52. The average Bonchev–Trinajstić information content (AvgIpc) is 2.61. The number of amides is 2. The number of carbonyl (C=O) groups excluding carboxylic acids is 2. The van der Waals surface area contributed by atoms with E-state index < -0.39 is 4.92 Å². The summed E-state index contributed by atoms with van der Waals surface area (Å²) in [5.41, 5.74) is 1.34. The molecule has 2 rings (SSSR count). The zero-order valence-electron chi connectivity index (χ0n) is 13.9. The predicted molar refractivity (Wildman–Crippen MR) is 99.1 cm³/mol. The van der Waals surface area contributed by atoms with Crippen LogP contribution in [0.1, 0.15) is 18.4 Å². The number of hydrogen-bond donors (Lipinski definition) is 2. The lowest BCUT2D eigenvalue weighted by Crippen LogP contribution is -2.27. The molecule has 8 heteroatoms. The maximum atomic E-state index is 11.8. The van der Waals surface area contributed by atoms with Crippen molar-refractivity contribution in [3.05, 3.63) is 69.2 Å². The first-order valence-corrected chi connectivity index (χ1v) is 8.37. The quantitative estimate of drug-likeness (QED) is 0.419. The molecule has 2 aromatic carbocycles. The summed E-state index contributed by atoms with van der Waals surface area (Å²) in [5.74, 6) is -0.339. The minimum absolute atomic E-state index is 0.0131. The molecule has 0 saturated carbocycles. The Labute approximate surface area is 155 Å². The topological polar surface area (TPSA) is 101 Å². The van der Waals surface area contributed by atoms with E-state index in [1.165, 1.54) is 12.1 Å². The Balaban J connectivity index is 1.65. The molecule has 0 aromatic heterocycles. The highest BCUT2D eigenvalue weighted by atomic mass is 35.5. The summed E-state index contributed by atoms with van der Waals surface area (Å²) in [4.78, 5) is 33.7. The fourth-order valence-electron chi connectivity index (χ4n) is 2.22. The number of nitrogens with one attached hydrogen (secondary N) is 2. The summed E-state index contributed by atoms with van der Waals surface area (Å²) in [6.45, 7) is 0.375. The van der Waals surface area contributed by atoms with Crippen LogP contribution < -0.4 is 10.6 Å². The monoisotopic (exact) mass is 375 g/mol. The molecular weight excluding hydrogens is 358 g/mol. The Hall–Kier alpha value is -2.93. The average molecular weight is 376 g/mol. The fourth-order valence-corrected chi connectivity index (χ4v) is 2.34. The molecule has 2 amide bonds. The number of nitrogens with zero attached hydrogens (tertiary/aromatic N) is 1. The highest BCUT2D eigenvalue weighted by molar-refractivity contribution is 6.30. The van der Waals surface area contributed by atoms with E-state index >= 15 is 0 Å². The van der Waals surface area contributed by atoms with Gasteiger partial charge in [0.1, 0.15) is 0 Å². The summed E-state index contributed by atoms with van der Waals surface area (Å²) in [6.07, 6.45) is 0.917. The molecule has 2 aromatic rings. The van der Waals surface area contributed by atoms with Gasteiger partial charge >= 0.3 is 0 Å². The van der Waals surface area contributed by atoms with Crippen LogP contribution in [0, 0.1) is 10.1 Å². The minimum atomic E-state index is -0.487. The SMILES string of the molecule is O=C(Cc1ccc([N+](=O)[O-])cc1)NCCCC(=O)Nc1ccc(Cl)cc1. The molecule has 0 saturated heterocycles. The van der Waals surface area contributed by atoms with Gasteiger partial charge in [0, 0.05) is 35.8 Å². The molecule has 0 bridgehead atoms. The zero-order valence-corrected chi connectivity index (χ0v) is 14.7. The lowest BCUT2D eigenvalue weighted by Gasteiger charge is -2.07. The number of carbonyl (C=O) groups is 2. The summed E-state index contributed by atoms with van der Waals surface area (Å²) >= 11 is 5.78. The minimum Gasteiger partial charge on any atom is -0.356 e. The molecule has 0 aliphatic rings. The predicted octanol–water partition coefficient (Wildman–Crippen LogP) is 3.33. The van der Waals surface area contributed by atoms with Crippen molar-refractivity contribution in [2.75, 3.05) is 11.9 Å². The number of nitro benzene ring substituents is 1. The maximum Gasteiger partial charge on any atom is 0.269 e. The van der Waals surface area contributed by atoms with Crippen LogP contribution in [0.15, 0.2) is 48.5 Å². The van der Waals surface area contributed by atoms with Gasteiger partial charge in [-0.25, -0.2) is 0 Å². The van der Waals surface area contributed by atoms with E-state index in [0.717, 1.165) is 0 Å². The van der Waals surface area contributed by atoms with E-state index in [2.05, 4.69) is 10.6 Å². The smallest absolute Gasteiger partial charge is 0.269 e. The molecule has 7 nitrogen and oxygen atoms in total. The molecule has 0 heterocycles. The van der Waals surface area contributed by atoms with Crippen molar-refractivity contribution in [1.82, 2.24) is 5.32 Å². The molecule has 0 unspecified atom stereocenters. The van der Waals surface area contributed by atoms with Gasteiger partial charge in [-0.15, -0.1) is 0 Å². The van der Waals surface area contributed by atoms with Crippen molar-refractivity contribution < 1.29 is 14.5 Å². The van der Waals surface area contributed by atoms with Gasteiger partial charge in [0.25, 0.3) is 5.69 Å². The zero-order chi connectivity index (χ0) is 18.9. The Morgan fingerprint density at radius 2 is 1.65 bits per heavy atom. The number of nitro groups is 1. The first kappa shape index (κ1) is 19.4. The summed E-state index contributed by atoms with van der Waals surface area (Å²) in [5, 5.41) is 16.6. The summed E-state index contributed by atoms with van der Waals surface area (Å²) in [6, 6.07) is 12.6. The van der Waals surface area contributed by atoms with Crippen LogP contribution in [0.5, 0.6) is 0 Å². The second-order valence-electron chi connectivity index (χ2n) is 5.61. The molecule has 0 radical (unpaired) electrons. The van der Waals surface area contributed by atoms with Gasteiger partial charge in [0.05, 0.1) is 11.3 Å². The van der Waals surface area contributed by atoms with Crippen LogP contribution >= 0.6 is 11.6 Å².